The van der Waals surface area contributed by atoms with Crippen molar-refractivity contribution < 1.29 is 23.8 Å². The van der Waals surface area contributed by atoms with Gasteiger partial charge in [0.25, 0.3) is 0 Å². The number of hydrogen-bond donors (Lipinski definition) is 0. The van der Waals surface area contributed by atoms with Crippen molar-refractivity contribution in [2.75, 3.05) is 19.8 Å². The van der Waals surface area contributed by atoms with Crippen molar-refractivity contribution >= 4 is 11.9 Å². The van der Waals surface area contributed by atoms with E-state index in [1.807, 2.05) is 0 Å². The number of rotatable bonds is 46. The third kappa shape index (κ3) is 43.6. The second-order valence-electron chi connectivity index (χ2n) is 16.7. The van der Waals surface area contributed by atoms with Crippen LogP contribution in [0.3, 0.4) is 0 Å². The van der Waals surface area contributed by atoms with Crippen molar-refractivity contribution in [2.24, 2.45) is 0 Å². The molecule has 0 aromatic rings. The van der Waals surface area contributed by atoms with Crippen molar-refractivity contribution in [1.29, 1.82) is 0 Å². The maximum atomic E-state index is 12.6. The molecule has 54 heavy (non-hydrogen) atoms. The fourth-order valence-electron chi connectivity index (χ4n) is 7.45. The Bertz CT molecular complexity index is 740. The van der Waals surface area contributed by atoms with Crippen molar-refractivity contribution in [3.05, 3.63) is 0 Å². The monoisotopic (exact) mass is 765 g/mol. The second-order valence-corrected chi connectivity index (χ2v) is 16.7. The molecule has 0 saturated carbocycles. The molecule has 5 heteroatoms. The predicted octanol–water partition coefficient (Wildman–Crippen LogP) is 16.1. The van der Waals surface area contributed by atoms with Crippen molar-refractivity contribution in [3.63, 3.8) is 0 Å². The Morgan fingerprint density at radius 3 is 0.944 bits per heavy atom. The van der Waals surface area contributed by atoms with Gasteiger partial charge in [-0.2, -0.15) is 0 Å². The van der Waals surface area contributed by atoms with Gasteiger partial charge in [0.1, 0.15) is 6.61 Å². The van der Waals surface area contributed by atoms with Gasteiger partial charge in [-0.05, 0) is 19.3 Å². The number of ether oxygens (including phenoxy) is 3. The van der Waals surface area contributed by atoms with Gasteiger partial charge in [-0.25, -0.2) is 0 Å². The van der Waals surface area contributed by atoms with E-state index in [0.29, 0.717) is 26.1 Å². The van der Waals surface area contributed by atoms with Crippen LogP contribution in [0.4, 0.5) is 0 Å². The number of carbonyl (C=O) groups excluding carboxylic acids is 2. The van der Waals surface area contributed by atoms with E-state index in [2.05, 4.69) is 20.8 Å². The average Bonchev–Trinajstić information content (AvgIpc) is 3.17. The molecular weight excluding hydrogens is 669 g/mol. The molecule has 0 spiro atoms. The predicted molar refractivity (Wildman–Crippen MR) is 233 cm³/mol. The van der Waals surface area contributed by atoms with Gasteiger partial charge in [0, 0.05) is 19.4 Å². The molecule has 0 aromatic carbocycles. The summed E-state index contributed by atoms with van der Waals surface area (Å²) in [5.41, 5.74) is 0. The van der Waals surface area contributed by atoms with Crippen LogP contribution >= 0.6 is 0 Å². The normalized spacial score (nSPS) is 12.0. The van der Waals surface area contributed by atoms with E-state index in [1.54, 1.807) is 0 Å². The van der Waals surface area contributed by atoms with Gasteiger partial charge in [0.15, 0.2) is 6.10 Å². The molecule has 1 unspecified atom stereocenters. The van der Waals surface area contributed by atoms with Crippen LogP contribution in [-0.4, -0.2) is 37.9 Å². The highest BCUT2D eigenvalue weighted by molar-refractivity contribution is 5.70. The Labute approximate surface area is 338 Å². The van der Waals surface area contributed by atoms with Crippen molar-refractivity contribution in [2.45, 2.75) is 284 Å². The van der Waals surface area contributed by atoms with E-state index in [9.17, 15) is 9.59 Å². The molecule has 1 atom stereocenters. The van der Waals surface area contributed by atoms with E-state index in [1.165, 1.54) is 205 Å². The van der Waals surface area contributed by atoms with E-state index >= 15 is 0 Å². The van der Waals surface area contributed by atoms with E-state index in [0.717, 1.165) is 38.5 Å². The molecule has 0 N–H and O–H groups in total. The van der Waals surface area contributed by atoms with Gasteiger partial charge in [-0.3, -0.25) is 9.59 Å². The molecule has 0 saturated heterocycles. The second kappa shape index (κ2) is 46.3. The molecule has 0 radical (unpaired) electrons. The minimum Gasteiger partial charge on any atom is -0.462 e. The number of hydrogen-bond acceptors (Lipinski definition) is 5. The summed E-state index contributed by atoms with van der Waals surface area (Å²) in [6.45, 7) is 7.83. The summed E-state index contributed by atoms with van der Waals surface area (Å²) >= 11 is 0. The Balaban J connectivity index is 3.95. The Morgan fingerprint density at radius 2 is 0.611 bits per heavy atom. The zero-order chi connectivity index (χ0) is 39.3. The maximum absolute atomic E-state index is 12.6. The van der Waals surface area contributed by atoms with Gasteiger partial charge in [0.2, 0.25) is 0 Å². The van der Waals surface area contributed by atoms with Crippen LogP contribution in [-0.2, 0) is 23.8 Å². The summed E-state index contributed by atoms with van der Waals surface area (Å²) in [4.78, 5) is 25.1. The minimum atomic E-state index is -0.520. The van der Waals surface area contributed by atoms with Crippen molar-refractivity contribution in [1.82, 2.24) is 0 Å². The largest absolute Gasteiger partial charge is 0.462 e. The first-order valence-corrected chi connectivity index (χ1v) is 24.6. The maximum Gasteiger partial charge on any atom is 0.306 e. The zero-order valence-corrected chi connectivity index (χ0v) is 37.0. The fourth-order valence-corrected chi connectivity index (χ4v) is 7.45. The van der Waals surface area contributed by atoms with Crippen LogP contribution in [0.5, 0.6) is 0 Å². The topological polar surface area (TPSA) is 61.8 Å². The van der Waals surface area contributed by atoms with Crippen LogP contribution in [0.2, 0.25) is 0 Å². The SMILES string of the molecule is CCCCCCCCCCCCCCCCCCCC(=O)OCC(COCCCCCCCCCCCCCCCCCC)OC(=O)CCCCCCC. The number of unbranched alkanes of at least 4 members (excludes halogenated alkanes) is 35. The van der Waals surface area contributed by atoms with Crippen LogP contribution in [0.25, 0.3) is 0 Å². The van der Waals surface area contributed by atoms with Gasteiger partial charge >= 0.3 is 11.9 Å². The Morgan fingerprint density at radius 1 is 0.333 bits per heavy atom. The molecule has 322 valence electrons. The molecule has 0 aliphatic carbocycles. The summed E-state index contributed by atoms with van der Waals surface area (Å²) in [7, 11) is 0. The third-order valence-electron chi connectivity index (χ3n) is 11.1. The first-order chi connectivity index (χ1) is 26.6. The average molecular weight is 765 g/mol. The zero-order valence-electron chi connectivity index (χ0n) is 37.0. The first-order valence-electron chi connectivity index (χ1n) is 24.6. The summed E-state index contributed by atoms with van der Waals surface area (Å²) in [5, 5.41) is 0. The quantitative estimate of drug-likeness (QED) is 0.0456. The van der Waals surface area contributed by atoms with Crippen LogP contribution < -0.4 is 0 Å². The van der Waals surface area contributed by atoms with Gasteiger partial charge in [-0.1, -0.05) is 245 Å². The molecule has 0 aromatic heterocycles. The fraction of sp³-hybridized carbons (Fsp3) is 0.959. The van der Waals surface area contributed by atoms with Crippen molar-refractivity contribution in [3.8, 4) is 0 Å². The molecular formula is C49H96O5. The molecule has 0 bridgehead atoms. The third-order valence-corrected chi connectivity index (χ3v) is 11.1. The van der Waals surface area contributed by atoms with E-state index in [4.69, 9.17) is 14.2 Å². The van der Waals surface area contributed by atoms with Gasteiger partial charge in [-0.15, -0.1) is 0 Å². The Hall–Kier alpha value is -1.10. The summed E-state index contributed by atoms with van der Waals surface area (Å²) in [6, 6.07) is 0. The molecule has 0 fully saturated rings. The molecule has 0 aliphatic heterocycles. The summed E-state index contributed by atoms with van der Waals surface area (Å²) in [5.74, 6) is -0.388. The molecule has 0 amide bonds. The summed E-state index contributed by atoms with van der Waals surface area (Å²) < 4.78 is 17.3. The summed E-state index contributed by atoms with van der Waals surface area (Å²) in [6.07, 6.45) is 49.9. The van der Waals surface area contributed by atoms with Gasteiger partial charge < -0.3 is 14.2 Å². The molecule has 0 rings (SSSR count). The molecule has 0 aliphatic rings. The highest BCUT2D eigenvalue weighted by Gasteiger charge is 2.17. The Kier molecular flexibility index (Phi) is 45.3. The smallest absolute Gasteiger partial charge is 0.306 e. The van der Waals surface area contributed by atoms with Crippen LogP contribution in [0, 0.1) is 0 Å². The lowest BCUT2D eigenvalue weighted by Crippen LogP contribution is -2.30. The minimum absolute atomic E-state index is 0.0956. The van der Waals surface area contributed by atoms with E-state index < -0.39 is 6.10 Å². The lowest BCUT2D eigenvalue weighted by Gasteiger charge is -2.18. The van der Waals surface area contributed by atoms with Crippen LogP contribution in [0.15, 0.2) is 0 Å². The first kappa shape index (κ1) is 52.9. The van der Waals surface area contributed by atoms with Gasteiger partial charge in [0.05, 0.1) is 6.61 Å². The lowest BCUT2D eigenvalue weighted by molar-refractivity contribution is -0.163. The highest BCUT2D eigenvalue weighted by atomic mass is 16.6. The van der Waals surface area contributed by atoms with Crippen LogP contribution in [0.1, 0.15) is 278 Å². The molecule has 5 nitrogen and oxygen atoms in total. The standard InChI is InChI=1S/C49H96O5/c1-4-7-10-13-15-17-19-21-23-25-26-28-30-32-34-37-39-42-48(50)53-46-47(54-49(51)43-40-36-12-9-6-3)45-52-44-41-38-35-33-31-29-27-24-22-20-18-16-14-11-8-5-2/h47H,4-46H2,1-3H3. The molecule has 0 heterocycles. The lowest BCUT2D eigenvalue weighted by atomic mass is 10.0. The number of carbonyl (C=O) groups is 2. The van der Waals surface area contributed by atoms with E-state index in [-0.39, 0.29) is 18.5 Å². The highest BCUT2D eigenvalue weighted by Crippen LogP contribution is 2.16. The number of esters is 2.